The molecule has 0 saturated carbocycles. The summed E-state index contributed by atoms with van der Waals surface area (Å²) in [7, 11) is 0. The molecule has 0 aliphatic heterocycles. The highest BCUT2D eigenvalue weighted by molar-refractivity contribution is 5.64. The fourth-order valence-electron chi connectivity index (χ4n) is 1.94. The predicted octanol–water partition coefficient (Wildman–Crippen LogP) is 3.77. The van der Waals surface area contributed by atoms with Crippen LogP contribution in [0.15, 0.2) is 48.5 Å². The van der Waals surface area contributed by atoms with E-state index in [-0.39, 0.29) is 11.9 Å². The second-order valence-corrected chi connectivity index (χ2v) is 4.69. The van der Waals surface area contributed by atoms with Crippen molar-refractivity contribution in [3.63, 3.8) is 0 Å². The zero-order valence-corrected chi connectivity index (χ0v) is 10.6. The molecule has 0 spiro atoms. The molecule has 0 aliphatic carbocycles. The van der Waals surface area contributed by atoms with E-state index >= 15 is 0 Å². The van der Waals surface area contributed by atoms with Crippen LogP contribution in [0, 0.1) is 5.82 Å². The summed E-state index contributed by atoms with van der Waals surface area (Å²) in [6.45, 7) is 2.01. The largest absolute Gasteiger partial charge is 0.328 e. The number of aryl methyl sites for hydroxylation is 1. The van der Waals surface area contributed by atoms with Crippen LogP contribution in [0.1, 0.15) is 18.9 Å². The summed E-state index contributed by atoms with van der Waals surface area (Å²) in [5.41, 5.74) is 8.54. The van der Waals surface area contributed by atoms with Crippen molar-refractivity contribution in [2.45, 2.75) is 25.8 Å². The molecule has 2 N–H and O–H groups in total. The maximum Gasteiger partial charge on any atom is 0.131 e. The maximum absolute atomic E-state index is 13.6. The van der Waals surface area contributed by atoms with Crippen LogP contribution in [0.2, 0.25) is 0 Å². The van der Waals surface area contributed by atoms with Gasteiger partial charge in [0.15, 0.2) is 0 Å². The van der Waals surface area contributed by atoms with Gasteiger partial charge in [0.1, 0.15) is 5.82 Å². The summed E-state index contributed by atoms with van der Waals surface area (Å²) >= 11 is 0. The summed E-state index contributed by atoms with van der Waals surface area (Å²) < 4.78 is 13.6. The van der Waals surface area contributed by atoms with Gasteiger partial charge < -0.3 is 5.73 Å². The Morgan fingerprint density at radius 1 is 1.06 bits per heavy atom. The molecule has 1 unspecified atom stereocenters. The number of rotatable bonds is 4. The molecule has 1 atom stereocenters. The summed E-state index contributed by atoms with van der Waals surface area (Å²) in [6.07, 6.45) is 1.94. The zero-order valence-electron chi connectivity index (χ0n) is 10.6. The van der Waals surface area contributed by atoms with Gasteiger partial charge in [-0.3, -0.25) is 0 Å². The third-order valence-electron chi connectivity index (χ3n) is 3.03. The Morgan fingerprint density at radius 3 is 2.33 bits per heavy atom. The van der Waals surface area contributed by atoms with Crippen molar-refractivity contribution in [2.24, 2.45) is 5.73 Å². The Bertz CT molecular complexity index is 503. The Balaban J connectivity index is 2.15. The smallest absolute Gasteiger partial charge is 0.131 e. The first-order valence-electron chi connectivity index (χ1n) is 6.26. The van der Waals surface area contributed by atoms with E-state index in [2.05, 4.69) is 0 Å². The van der Waals surface area contributed by atoms with Crippen molar-refractivity contribution in [2.75, 3.05) is 0 Å². The lowest BCUT2D eigenvalue weighted by Crippen LogP contribution is -2.15. The first-order valence-corrected chi connectivity index (χ1v) is 6.26. The second-order valence-electron chi connectivity index (χ2n) is 4.69. The summed E-state index contributed by atoms with van der Waals surface area (Å²) in [5.74, 6) is -0.180. The van der Waals surface area contributed by atoms with Gasteiger partial charge in [-0.2, -0.15) is 0 Å². The van der Waals surface area contributed by atoms with Gasteiger partial charge in [0.05, 0.1) is 0 Å². The molecule has 0 saturated heterocycles. The van der Waals surface area contributed by atoms with Gasteiger partial charge in [-0.15, -0.1) is 0 Å². The Morgan fingerprint density at radius 2 is 1.72 bits per heavy atom. The normalized spacial score (nSPS) is 12.4. The minimum atomic E-state index is -0.180. The van der Waals surface area contributed by atoms with E-state index in [0.717, 1.165) is 18.4 Å². The highest BCUT2D eigenvalue weighted by atomic mass is 19.1. The molecule has 2 aromatic rings. The summed E-state index contributed by atoms with van der Waals surface area (Å²) in [5, 5.41) is 0. The van der Waals surface area contributed by atoms with Crippen LogP contribution in [0.3, 0.4) is 0 Å². The molecule has 0 aliphatic rings. The van der Waals surface area contributed by atoms with E-state index < -0.39 is 0 Å². The number of halogens is 1. The van der Waals surface area contributed by atoms with Crippen molar-refractivity contribution >= 4 is 0 Å². The van der Waals surface area contributed by atoms with Crippen LogP contribution in [-0.2, 0) is 6.42 Å². The van der Waals surface area contributed by atoms with Gasteiger partial charge in [-0.05, 0) is 37.0 Å². The second kappa shape index (κ2) is 5.78. The molecule has 1 nitrogen and oxygen atoms in total. The van der Waals surface area contributed by atoms with Gasteiger partial charge in [-0.25, -0.2) is 4.39 Å². The van der Waals surface area contributed by atoms with E-state index in [1.807, 2.05) is 37.3 Å². The molecule has 0 radical (unpaired) electrons. The van der Waals surface area contributed by atoms with E-state index in [1.54, 1.807) is 12.1 Å². The van der Waals surface area contributed by atoms with Gasteiger partial charge in [0, 0.05) is 11.6 Å². The first-order chi connectivity index (χ1) is 8.66. The van der Waals surface area contributed by atoms with Crippen LogP contribution in [0.25, 0.3) is 11.1 Å². The topological polar surface area (TPSA) is 26.0 Å². The van der Waals surface area contributed by atoms with Crippen molar-refractivity contribution < 1.29 is 4.39 Å². The van der Waals surface area contributed by atoms with Crippen LogP contribution in [0.5, 0.6) is 0 Å². The average Bonchev–Trinajstić information content (AvgIpc) is 2.38. The number of hydrogen-bond acceptors (Lipinski definition) is 1. The molecule has 0 aromatic heterocycles. The van der Waals surface area contributed by atoms with Crippen LogP contribution >= 0.6 is 0 Å². The van der Waals surface area contributed by atoms with Gasteiger partial charge in [0.25, 0.3) is 0 Å². The molecule has 18 heavy (non-hydrogen) atoms. The van der Waals surface area contributed by atoms with E-state index in [1.165, 1.54) is 11.6 Å². The molecule has 0 heterocycles. The van der Waals surface area contributed by atoms with Crippen molar-refractivity contribution in [1.29, 1.82) is 0 Å². The molecular weight excluding hydrogens is 225 g/mol. The molecule has 2 rings (SSSR count). The third kappa shape index (κ3) is 3.17. The van der Waals surface area contributed by atoms with Gasteiger partial charge in [-0.1, -0.05) is 42.5 Å². The molecule has 2 heteroatoms. The SMILES string of the molecule is CC(N)CCc1ccc(-c2ccccc2F)cc1. The lowest BCUT2D eigenvalue weighted by atomic mass is 10.0. The molecular formula is C16H18FN. The third-order valence-corrected chi connectivity index (χ3v) is 3.03. The number of hydrogen-bond donors (Lipinski definition) is 1. The standard InChI is InChI=1S/C16H18FN/c1-12(18)6-7-13-8-10-14(11-9-13)15-4-2-3-5-16(15)17/h2-5,8-12H,6-7,18H2,1H3. The minimum Gasteiger partial charge on any atom is -0.328 e. The molecule has 0 amide bonds. The van der Waals surface area contributed by atoms with E-state index in [4.69, 9.17) is 5.73 Å². The van der Waals surface area contributed by atoms with Crippen molar-refractivity contribution in [3.8, 4) is 11.1 Å². The van der Waals surface area contributed by atoms with Crippen molar-refractivity contribution in [1.82, 2.24) is 0 Å². The lowest BCUT2D eigenvalue weighted by Gasteiger charge is -2.07. The zero-order chi connectivity index (χ0) is 13.0. The predicted molar refractivity (Wildman–Crippen MR) is 73.8 cm³/mol. The summed E-state index contributed by atoms with van der Waals surface area (Å²) in [6, 6.07) is 15.1. The molecule has 0 fully saturated rings. The highest BCUT2D eigenvalue weighted by Crippen LogP contribution is 2.23. The molecule has 2 aromatic carbocycles. The Kier molecular flexibility index (Phi) is 4.11. The van der Waals surface area contributed by atoms with Crippen LogP contribution in [-0.4, -0.2) is 6.04 Å². The monoisotopic (exact) mass is 243 g/mol. The van der Waals surface area contributed by atoms with Gasteiger partial charge in [0.2, 0.25) is 0 Å². The van der Waals surface area contributed by atoms with Gasteiger partial charge >= 0.3 is 0 Å². The quantitative estimate of drug-likeness (QED) is 0.869. The number of benzene rings is 2. The van der Waals surface area contributed by atoms with Crippen molar-refractivity contribution in [3.05, 3.63) is 59.9 Å². The highest BCUT2D eigenvalue weighted by Gasteiger charge is 2.04. The lowest BCUT2D eigenvalue weighted by molar-refractivity contribution is 0.631. The minimum absolute atomic E-state index is 0.180. The fourth-order valence-corrected chi connectivity index (χ4v) is 1.94. The molecule has 0 bridgehead atoms. The van der Waals surface area contributed by atoms with Crippen LogP contribution < -0.4 is 5.73 Å². The first kappa shape index (κ1) is 12.8. The summed E-state index contributed by atoms with van der Waals surface area (Å²) in [4.78, 5) is 0. The molecule has 94 valence electrons. The number of nitrogens with two attached hydrogens (primary N) is 1. The van der Waals surface area contributed by atoms with E-state index in [0.29, 0.717) is 5.56 Å². The Hall–Kier alpha value is -1.67. The average molecular weight is 243 g/mol. The van der Waals surface area contributed by atoms with Crippen LogP contribution in [0.4, 0.5) is 4.39 Å². The van der Waals surface area contributed by atoms with E-state index in [9.17, 15) is 4.39 Å². The fraction of sp³-hybridized carbons (Fsp3) is 0.250. The maximum atomic E-state index is 13.6. The Labute approximate surface area is 107 Å².